The summed E-state index contributed by atoms with van der Waals surface area (Å²) in [4.78, 5) is 34.1. The molecule has 37 heavy (non-hydrogen) atoms. The maximum absolute atomic E-state index is 13.6. The molecule has 5 aromatic rings. The maximum Gasteiger partial charge on any atom is 0.342 e. The van der Waals surface area contributed by atoms with Gasteiger partial charge < -0.3 is 20.4 Å². The highest BCUT2D eigenvalue weighted by Gasteiger charge is 2.38. The Morgan fingerprint density at radius 3 is 2.08 bits per heavy atom. The molecule has 0 saturated heterocycles. The van der Waals surface area contributed by atoms with Crippen molar-refractivity contribution in [2.75, 3.05) is 5.32 Å². The lowest BCUT2D eigenvalue weighted by Gasteiger charge is -2.21. The van der Waals surface area contributed by atoms with Crippen molar-refractivity contribution in [3.05, 3.63) is 126 Å². The van der Waals surface area contributed by atoms with Crippen molar-refractivity contribution >= 4 is 40.7 Å². The molecule has 0 heterocycles. The van der Waals surface area contributed by atoms with Gasteiger partial charge in [0.1, 0.15) is 0 Å². The first-order chi connectivity index (χ1) is 17.9. The van der Waals surface area contributed by atoms with Crippen molar-refractivity contribution in [3.8, 4) is 0 Å². The lowest BCUT2D eigenvalue weighted by atomic mass is 10.0. The molecule has 5 aromatic carbocycles. The Morgan fingerprint density at radius 1 is 0.730 bits per heavy atom. The molecule has 1 amide bonds. The third kappa shape index (κ3) is 5.63. The summed E-state index contributed by atoms with van der Waals surface area (Å²) in [6.45, 7) is 1.10. The van der Waals surface area contributed by atoms with Crippen LogP contribution in [0.2, 0.25) is 0 Å². The number of carbonyl (C=O) groups excluding carboxylic acids is 1. The Bertz CT molecular complexity index is 1610. The highest BCUT2D eigenvalue weighted by Crippen LogP contribution is 2.53. The average Bonchev–Trinajstić information content (AvgIpc) is 2.89. The van der Waals surface area contributed by atoms with E-state index in [0.717, 1.165) is 27.3 Å². The molecule has 7 heteroatoms. The van der Waals surface area contributed by atoms with E-state index in [9.17, 15) is 19.1 Å². The first-order valence-corrected chi connectivity index (χ1v) is 13.7. The molecule has 0 aliphatic heterocycles. The van der Waals surface area contributed by atoms with Gasteiger partial charge in [-0.05, 0) is 50.4 Å². The zero-order valence-electron chi connectivity index (χ0n) is 20.0. The van der Waals surface area contributed by atoms with Gasteiger partial charge in [-0.15, -0.1) is 0 Å². The molecule has 1 atom stereocenters. The van der Waals surface area contributed by atoms with Crippen molar-refractivity contribution in [1.29, 1.82) is 0 Å². The summed E-state index contributed by atoms with van der Waals surface area (Å²) in [5.74, 6) is -0.746. The minimum atomic E-state index is -4.85. The minimum absolute atomic E-state index is 0.300. The average molecular weight is 511 g/mol. The van der Waals surface area contributed by atoms with E-state index in [1.54, 1.807) is 24.3 Å². The molecule has 0 bridgehead atoms. The second-order valence-corrected chi connectivity index (χ2v) is 10.7. The van der Waals surface area contributed by atoms with Crippen LogP contribution in [0.5, 0.6) is 0 Å². The van der Waals surface area contributed by atoms with Gasteiger partial charge >= 0.3 is 7.60 Å². The van der Waals surface area contributed by atoms with Crippen LogP contribution in [-0.4, -0.2) is 15.7 Å². The van der Waals surface area contributed by atoms with E-state index >= 15 is 0 Å². The van der Waals surface area contributed by atoms with Crippen LogP contribution in [0.25, 0.3) is 21.5 Å². The van der Waals surface area contributed by atoms with Gasteiger partial charge in [-0.1, -0.05) is 97.1 Å². The van der Waals surface area contributed by atoms with E-state index in [2.05, 4.69) is 10.6 Å². The first-order valence-electron chi connectivity index (χ1n) is 12.0. The summed E-state index contributed by atoms with van der Waals surface area (Å²) in [5.41, 5.74) is 1.13. The van der Waals surface area contributed by atoms with Crippen molar-refractivity contribution in [1.82, 2.24) is 5.32 Å². The van der Waals surface area contributed by atoms with Crippen LogP contribution in [0.1, 0.15) is 22.3 Å². The van der Waals surface area contributed by atoms with E-state index < -0.39 is 19.2 Å². The summed E-state index contributed by atoms with van der Waals surface area (Å²) < 4.78 is 12.7. The molecule has 0 aliphatic carbocycles. The van der Waals surface area contributed by atoms with Crippen molar-refractivity contribution < 1.29 is 19.1 Å². The summed E-state index contributed by atoms with van der Waals surface area (Å²) in [5, 5.41) is 9.63. The second-order valence-electron chi connectivity index (χ2n) is 8.99. The Labute approximate surface area is 215 Å². The Balaban J connectivity index is 1.49. The number of carbonyl (C=O) groups is 1. The van der Waals surface area contributed by atoms with Gasteiger partial charge in [-0.3, -0.25) is 9.36 Å². The van der Waals surface area contributed by atoms with Crippen LogP contribution in [0.4, 0.5) is 5.69 Å². The smallest absolute Gasteiger partial charge is 0.325 e. The lowest BCUT2D eigenvalue weighted by molar-refractivity contribution is -0.116. The standard InChI is InChI=1S/C30H27N2O4P/c33-30(29(37(34,35)36)27-16-8-14-22-11-6-7-15-26(22)27)32-28-18-24-13-5-4-12-23(24)17-25(28)20-31-19-21-9-2-1-3-10-21/h1-18,29,31H,19-20H2,(H,32,33)(H2,34,35,36). The molecule has 1 unspecified atom stereocenters. The number of anilines is 1. The summed E-state index contributed by atoms with van der Waals surface area (Å²) in [7, 11) is -4.85. The largest absolute Gasteiger partial charge is 0.342 e. The highest BCUT2D eigenvalue weighted by atomic mass is 31.2. The fourth-order valence-corrected chi connectivity index (χ4v) is 5.61. The molecular formula is C30H27N2O4P. The van der Waals surface area contributed by atoms with Gasteiger partial charge in [-0.25, -0.2) is 0 Å². The summed E-state index contributed by atoms with van der Waals surface area (Å²) in [6.07, 6.45) is 0. The molecule has 5 rings (SSSR count). The molecule has 0 spiro atoms. The number of fused-ring (bicyclic) bond motifs is 2. The number of benzene rings is 5. The van der Waals surface area contributed by atoms with Crippen molar-refractivity contribution in [3.63, 3.8) is 0 Å². The van der Waals surface area contributed by atoms with Gasteiger partial charge in [0.2, 0.25) is 5.91 Å². The minimum Gasteiger partial charge on any atom is -0.325 e. The van der Waals surface area contributed by atoms with E-state index in [1.807, 2.05) is 84.9 Å². The van der Waals surface area contributed by atoms with Gasteiger partial charge in [0, 0.05) is 18.8 Å². The summed E-state index contributed by atoms with van der Waals surface area (Å²) >= 11 is 0. The topological polar surface area (TPSA) is 98.7 Å². The molecule has 0 radical (unpaired) electrons. The number of nitrogens with one attached hydrogen (secondary N) is 2. The molecule has 186 valence electrons. The van der Waals surface area contributed by atoms with Crippen LogP contribution in [-0.2, 0) is 22.4 Å². The van der Waals surface area contributed by atoms with E-state index in [4.69, 9.17) is 0 Å². The predicted octanol–water partition coefficient (Wildman–Crippen LogP) is 6.14. The molecule has 0 fully saturated rings. The third-order valence-electron chi connectivity index (χ3n) is 6.42. The molecule has 4 N–H and O–H groups in total. The van der Waals surface area contributed by atoms with E-state index in [-0.39, 0.29) is 0 Å². The SMILES string of the molecule is O=C(Nc1cc2ccccc2cc1CNCc1ccccc1)C(c1cccc2ccccc12)P(=O)(O)O. The highest BCUT2D eigenvalue weighted by molar-refractivity contribution is 7.53. The summed E-state index contributed by atoms with van der Waals surface area (Å²) in [6, 6.07) is 34.1. The number of hydrogen-bond acceptors (Lipinski definition) is 3. The van der Waals surface area contributed by atoms with Crippen LogP contribution in [0.15, 0.2) is 109 Å². The van der Waals surface area contributed by atoms with Crippen molar-refractivity contribution in [2.24, 2.45) is 0 Å². The zero-order chi connectivity index (χ0) is 25.8. The van der Waals surface area contributed by atoms with Crippen LogP contribution in [0.3, 0.4) is 0 Å². The first kappa shape index (κ1) is 24.9. The predicted molar refractivity (Wildman–Crippen MR) is 148 cm³/mol. The zero-order valence-corrected chi connectivity index (χ0v) is 20.9. The Kier molecular flexibility index (Phi) is 7.17. The van der Waals surface area contributed by atoms with Crippen LogP contribution >= 0.6 is 7.60 Å². The lowest BCUT2D eigenvalue weighted by Crippen LogP contribution is -2.23. The molecular weight excluding hydrogens is 483 g/mol. The van der Waals surface area contributed by atoms with Crippen molar-refractivity contribution in [2.45, 2.75) is 18.7 Å². The van der Waals surface area contributed by atoms with Crippen LogP contribution in [0, 0.1) is 0 Å². The second kappa shape index (κ2) is 10.7. The van der Waals surface area contributed by atoms with Gasteiger partial charge in [0.05, 0.1) is 0 Å². The molecule has 6 nitrogen and oxygen atoms in total. The maximum atomic E-state index is 13.6. The number of hydrogen-bond donors (Lipinski definition) is 4. The quantitative estimate of drug-likeness (QED) is 0.188. The number of amides is 1. The van der Waals surface area contributed by atoms with Gasteiger partial charge in [-0.2, -0.15) is 0 Å². The molecule has 0 aromatic heterocycles. The Morgan fingerprint density at radius 2 is 1.35 bits per heavy atom. The van der Waals surface area contributed by atoms with E-state index in [0.29, 0.717) is 29.7 Å². The third-order valence-corrected chi connectivity index (χ3v) is 7.60. The fourth-order valence-electron chi connectivity index (χ4n) is 4.65. The van der Waals surface area contributed by atoms with Crippen LogP contribution < -0.4 is 10.6 Å². The van der Waals surface area contributed by atoms with Gasteiger partial charge in [0.15, 0.2) is 5.66 Å². The monoisotopic (exact) mass is 510 g/mol. The van der Waals surface area contributed by atoms with E-state index in [1.165, 1.54) is 0 Å². The fraction of sp³-hybridized carbons (Fsp3) is 0.100. The molecule has 0 saturated carbocycles. The number of rotatable bonds is 8. The Hall–Kier alpha value is -3.80. The normalized spacial score (nSPS) is 12.5. The molecule has 0 aliphatic rings. The van der Waals surface area contributed by atoms with Gasteiger partial charge in [0.25, 0.3) is 0 Å².